The first-order valence-corrected chi connectivity index (χ1v) is 7.43. The highest BCUT2D eigenvalue weighted by Gasteiger charge is 2.23. The lowest BCUT2D eigenvalue weighted by molar-refractivity contribution is 0.593. The van der Waals surface area contributed by atoms with Gasteiger partial charge in [0.15, 0.2) is 0 Å². The summed E-state index contributed by atoms with van der Waals surface area (Å²) < 4.78 is 39.2. The molecule has 0 aliphatic carbocycles. The molecule has 2 aromatic carbocycles. The van der Waals surface area contributed by atoms with Gasteiger partial charge >= 0.3 is 0 Å². The molecule has 2 rings (SSSR count). The van der Waals surface area contributed by atoms with Gasteiger partial charge in [-0.3, -0.25) is 4.31 Å². The van der Waals surface area contributed by atoms with Crippen LogP contribution in [0.15, 0.2) is 53.4 Å². The Kier molecular flexibility index (Phi) is 4.06. The van der Waals surface area contributed by atoms with Crippen molar-refractivity contribution in [2.24, 2.45) is 5.73 Å². The summed E-state index contributed by atoms with van der Waals surface area (Å²) in [5.74, 6) is -0.415. The highest BCUT2D eigenvalue weighted by Crippen LogP contribution is 2.24. The van der Waals surface area contributed by atoms with Crippen molar-refractivity contribution in [3.63, 3.8) is 0 Å². The van der Waals surface area contributed by atoms with Crippen molar-refractivity contribution in [2.75, 3.05) is 11.4 Å². The standard InChI is InChI=1S/C14H15FN2O2S/c1-17(13-8-6-12(15)7-9-13)20(18,19)14-5-3-2-4-11(14)10-16/h2-9H,10,16H2,1H3. The Morgan fingerprint density at radius 1 is 1.10 bits per heavy atom. The molecule has 106 valence electrons. The second kappa shape index (κ2) is 5.60. The van der Waals surface area contributed by atoms with E-state index < -0.39 is 15.8 Å². The molecule has 0 unspecified atom stereocenters. The van der Waals surface area contributed by atoms with Gasteiger partial charge < -0.3 is 5.73 Å². The molecule has 2 N–H and O–H groups in total. The highest BCUT2D eigenvalue weighted by atomic mass is 32.2. The quantitative estimate of drug-likeness (QED) is 0.939. The first kappa shape index (κ1) is 14.5. The van der Waals surface area contributed by atoms with Gasteiger partial charge in [0.1, 0.15) is 5.82 Å². The number of halogens is 1. The first-order chi connectivity index (χ1) is 9.46. The van der Waals surface area contributed by atoms with Crippen LogP contribution >= 0.6 is 0 Å². The molecule has 2 aromatic rings. The van der Waals surface area contributed by atoms with E-state index in [0.29, 0.717) is 11.3 Å². The molecule has 0 fully saturated rings. The summed E-state index contributed by atoms with van der Waals surface area (Å²) in [5, 5.41) is 0. The lowest BCUT2D eigenvalue weighted by Crippen LogP contribution is -2.27. The summed E-state index contributed by atoms with van der Waals surface area (Å²) in [6.07, 6.45) is 0. The van der Waals surface area contributed by atoms with E-state index in [1.807, 2.05) is 0 Å². The minimum Gasteiger partial charge on any atom is -0.326 e. The van der Waals surface area contributed by atoms with Gasteiger partial charge in [0.25, 0.3) is 10.0 Å². The Morgan fingerprint density at radius 2 is 1.70 bits per heavy atom. The van der Waals surface area contributed by atoms with Crippen LogP contribution in [0.4, 0.5) is 10.1 Å². The van der Waals surface area contributed by atoms with Crippen LogP contribution in [0.5, 0.6) is 0 Å². The fourth-order valence-corrected chi connectivity index (χ4v) is 3.29. The molecule has 0 aliphatic heterocycles. The maximum atomic E-state index is 12.9. The average Bonchev–Trinajstić information content (AvgIpc) is 2.47. The van der Waals surface area contributed by atoms with Gasteiger partial charge in [-0.25, -0.2) is 12.8 Å². The lowest BCUT2D eigenvalue weighted by Gasteiger charge is -2.21. The third kappa shape index (κ3) is 2.66. The predicted octanol–water partition coefficient (Wildman–Crippen LogP) is 2.11. The predicted molar refractivity (Wildman–Crippen MR) is 76.3 cm³/mol. The zero-order valence-electron chi connectivity index (χ0n) is 11.0. The SMILES string of the molecule is CN(c1ccc(F)cc1)S(=O)(=O)c1ccccc1CN. The second-order valence-electron chi connectivity index (χ2n) is 4.26. The van der Waals surface area contributed by atoms with Gasteiger partial charge in [-0.1, -0.05) is 18.2 Å². The van der Waals surface area contributed by atoms with Gasteiger partial charge in [-0.15, -0.1) is 0 Å². The molecule has 6 heteroatoms. The average molecular weight is 294 g/mol. The summed E-state index contributed by atoms with van der Waals surface area (Å²) in [5.41, 5.74) is 6.50. The van der Waals surface area contributed by atoms with E-state index in [0.717, 1.165) is 4.31 Å². The molecule has 0 spiro atoms. The number of hydrogen-bond donors (Lipinski definition) is 1. The van der Waals surface area contributed by atoms with Crippen molar-refractivity contribution in [1.29, 1.82) is 0 Å². The van der Waals surface area contributed by atoms with Crippen LogP contribution in [-0.2, 0) is 16.6 Å². The first-order valence-electron chi connectivity index (χ1n) is 5.99. The normalized spacial score (nSPS) is 11.3. The fourth-order valence-electron chi connectivity index (χ4n) is 1.86. The highest BCUT2D eigenvalue weighted by molar-refractivity contribution is 7.92. The number of hydrogen-bond acceptors (Lipinski definition) is 3. The molecular weight excluding hydrogens is 279 g/mol. The maximum Gasteiger partial charge on any atom is 0.264 e. The van der Waals surface area contributed by atoms with Crippen molar-refractivity contribution in [3.8, 4) is 0 Å². The minimum atomic E-state index is -3.72. The number of anilines is 1. The van der Waals surface area contributed by atoms with Gasteiger partial charge in [0.05, 0.1) is 10.6 Å². The molecule has 20 heavy (non-hydrogen) atoms. The van der Waals surface area contributed by atoms with E-state index in [9.17, 15) is 12.8 Å². The Morgan fingerprint density at radius 3 is 2.30 bits per heavy atom. The molecule has 0 atom stereocenters. The summed E-state index contributed by atoms with van der Waals surface area (Å²) in [7, 11) is -2.29. The number of nitrogens with zero attached hydrogens (tertiary/aromatic N) is 1. The molecule has 0 radical (unpaired) electrons. The molecule has 0 aliphatic rings. The second-order valence-corrected chi connectivity index (χ2v) is 6.20. The van der Waals surface area contributed by atoms with Crippen LogP contribution in [0, 0.1) is 5.82 Å². The van der Waals surface area contributed by atoms with Crippen LogP contribution in [0.3, 0.4) is 0 Å². The number of sulfonamides is 1. The van der Waals surface area contributed by atoms with E-state index in [-0.39, 0.29) is 11.4 Å². The van der Waals surface area contributed by atoms with Crippen molar-refractivity contribution < 1.29 is 12.8 Å². The van der Waals surface area contributed by atoms with E-state index in [4.69, 9.17) is 5.73 Å². The molecule has 4 nitrogen and oxygen atoms in total. The molecule has 0 saturated heterocycles. The van der Waals surface area contributed by atoms with Gasteiger partial charge in [-0.05, 0) is 35.9 Å². The third-order valence-corrected chi connectivity index (χ3v) is 4.91. The van der Waals surface area contributed by atoms with Crippen LogP contribution in [0.2, 0.25) is 0 Å². The van der Waals surface area contributed by atoms with E-state index in [2.05, 4.69) is 0 Å². The van der Waals surface area contributed by atoms with Crippen molar-refractivity contribution >= 4 is 15.7 Å². The van der Waals surface area contributed by atoms with Crippen molar-refractivity contribution in [2.45, 2.75) is 11.4 Å². The van der Waals surface area contributed by atoms with Crippen molar-refractivity contribution in [3.05, 3.63) is 59.9 Å². The van der Waals surface area contributed by atoms with E-state index in [1.54, 1.807) is 18.2 Å². The lowest BCUT2D eigenvalue weighted by atomic mass is 10.2. The topological polar surface area (TPSA) is 63.4 Å². The number of benzene rings is 2. The van der Waals surface area contributed by atoms with Crippen LogP contribution in [-0.4, -0.2) is 15.5 Å². The van der Waals surface area contributed by atoms with Gasteiger partial charge in [0, 0.05) is 13.6 Å². The molecule has 0 bridgehead atoms. The monoisotopic (exact) mass is 294 g/mol. The smallest absolute Gasteiger partial charge is 0.264 e. The van der Waals surface area contributed by atoms with E-state index in [1.165, 1.54) is 37.4 Å². The number of nitrogens with two attached hydrogens (primary N) is 1. The molecule has 0 amide bonds. The number of rotatable bonds is 4. The van der Waals surface area contributed by atoms with Gasteiger partial charge in [0.2, 0.25) is 0 Å². The summed E-state index contributed by atoms with van der Waals surface area (Å²) in [6.45, 7) is 0.132. The van der Waals surface area contributed by atoms with Crippen LogP contribution < -0.4 is 10.0 Å². The minimum absolute atomic E-state index is 0.132. The zero-order valence-corrected chi connectivity index (χ0v) is 11.8. The van der Waals surface area contributed by atoms with Crippen LogP contribution in [0.25, 0.3) is 0 Å². The van der Waals surface area contributed by atoms with Crippen molar-refractivity contribution in [1.82, 2.24) is 0 Å². The largest absolute Gasteiger partial charge is 0.326 e. The summed E-state index contributed by atoms with van der Waals surface area (Å²) >= 11 is 0. The zero-order chi connectivity index (χ0) is 14.8. The Bertz CT molecular complexity index is 699. The molecule has 0 heterocycles. The molecular formula is C14H15FN2O2S. The third-order valence-electron chi connectivity index (χ3n) is 3.02. The maximum absolute atomic E-state index is 12.9. The van der Waals surface area contributed by atoms with Gasteiger partial charge in [-0.2, -0.15) is 0 Å². The van der Waals surface area contributed by atoms with E-state index >= 15 is 0 Å². The Labute approximate surface area is 117 Å². The summed E-state index contributed by atoms with van der Waals surface area (Å²) in [4.78, 5) is 0.161. The fraction of sp³-hybridized carbons (Fsp3) is 0.143. The summed E-state index contributed by atoms with van der Waals surface area (Å²) in [6, 6.07) is 11.8. The Hall–Kier alpha value is -1.92. The van der Waals surface area contributed by atoms with Crippen LogP contribution in [0.1, 0.15) is 5.56 Å². The Balaban J connectivity index is 2.46. The molecule has 0 saturated carbocycles. The molecule has 0 aromatic heterocycles.